The third-order valence-electron chi connectivity index (χ3n) is 3.29. The van der Waals surface area contributed by atoms with Crippen LogP contribution in [0.4, 0.5) is 4.79 Å². The lowest BCUT2D eigenvalue weighted by molar-refractivity contribution is 0.0529. The summed E-state index contributed by atoms with van der Waals surface area (Å²) < 4.78 is 8.15. The molecule has 3 N–H and O–H groups in total. The van der Waals surface area contributed by atoms with Crippen LogP contribution in [0.5, 0.6) is 0 Å². The predicted molar refractivity (Wildman–Crippen MR) is 125 cm³/mol. The number of aliphatic imine (C=N–C) groups is 1. The molecule has 0 aliphatic carbocycles. The lowest BCUT2D eigenvalue weighted by Gasteiger charge is -2.19. The predicted octanol–water partition coefficient (Wildman–Crippen LogP) is 3.29. The van der Waals surface area contributed by atoms with E-state index in [9.17, 15) is 4.79 Å². The van der Waals surface area contributed by atoms with Crippen LogP contribution in [0.3, 0.4) is 0 Å². The SMILES string of the molecule is CCNC(=NCc1cn2cc(Br)ccc2n1)NCCNC(=O)OC(C)(C)C.I. The van der Waals surface area contributed by atoms with Crippen LogP contribution in [0.2, 0.25) is 0 Å². The first kappa shape index (κ1) is 24.5. The van der Waals surface area contributed by atoms with E-state index in [1.165, 1.54) is 0 Å². The molecule has 0 aliphatic heterocycles. The summed E-state index contributed by atoms with van der Waals surface area (Å²) in [7, 11) is 0. The Kier molecular flexibility index (Phi) is 10.0. The zero-order valence-corrected chi connectivity index (χ0v) is 20.5. The van der Waals surface area contributed by atoms with E-state index in [2.05, 4.69) is 41.9 Å². The molecule has 2 aromatic rings. The van der Waals surface area contributed by atoms with Crippen molar-refractivity contribution >= 4 is 57.6 Å². The number of imidazole rings is 1. The van der Waals surface area contributed by atoms with Gasteiger partial charge in [-0.1, -0.05) is 0 Å². The van der Waals surface area contributed by atoms with Crippen molar-refractivity contribution in [3.05, 3.63) is 34.7 Å². The van der Waals surface area contributed by atoms with Crippen LogP contribution in [0.1, 0.15) is 33.4 Å². The van der Waals surface area contributed by atoms with Gasteiger partial charge in [-0.2, -0.15) is 0 Å². The van der Waals surface area contributed by atoms with Crippen molar-refractivity contribution < 1.29 is 9.53 Å². The number of rotatable bonds is 6. The molecule has 156 valence electrons. The fraction of sp³-hybridized carbons (Fsp3) is 0.500. The summed E-state index contributed by atoms with van der Waals surface area (Å²) >= 11 is 3.45. The summed E-state index contributed by atoms with van der Waals surface area (Å²) in [6.45, 7) is 9.65. The Hall–Kier alpha value is -1.56. The van der Waals surface area contributed by atoms with Gasteiger partial charge in [-0.25, -0.2) is 14.8 Å². The quantitative estimate of drug-likeness (QED) is 0.216. The molecule has 0 unspecified atom stereocenters. The second kappa shape index (κ2) is 11.4. The zero-order chi connectivity index (χ0) is 19.9. The molecule has 0 radical (unpaired) electrons. The van der Waals surface area contributed by atoms with Gasteiger partial charge in [0, 0.05) is 36.5 Å². The molecule has 0 bridgehead atoms. The van der Waals surface area contributed by atoms with E-state index in [0.717, 1.165) is 22.4 Å². The first-order chi connectivity index (χ1) is 12.8. The minimum Gasteiger partial charge on any atom is -0.444 e. The first-order valence-corrected chi connectivity index (χ1v) is 9.68. The highest BCUT2D eigenvalue weighted by atomic mass is 127. The van der Waals surface area contributed by atoms with Crippen molar-refractivity contribution in [1.29, 1.82) is 0 Å². The lowest BCUT2D eigenvalue weighted by Crippen LogP contribution is -2.42. The van der Waals surface area contributed by atoms with Crippen LogP contribution in [-0.4, -0.2) is 46.7 Å². The molecule has 0 spiro atoms. The van der Waals surface area contributed by atoms with Crippen molar-refractivity contribution in [2.45, 2.75) is 39.8 Å². The topological polar surface area (TPSA) is 92.0 Å². The molecule has 1 amide bonds. The molecule has 0 saturated heterocycles. The van der Waals surface area contributed by atoms with Crippen LogP contribution in [0, 0.1) is 0 Å². The number of carbonyl (C=O) groups is 1. The average molecular weight is 567 g/mol. The van der Waals surface area contributed by atoms with Crippen molar-refractivity contribution in [3.63, 3.8) is 0 Å². The summed E-state index contributed by atoms with van der Waals surface area (Å²) in [5.41, 5.74) is 1.25. The van der Waals surface area contributed by atoms with Gasteiger partial charge in [0.2, 0.25) is 0 Å². The third kappa shape index (κ3) is 8.63. The van der Waals surface area contributed by atoms with Gasteiger partial charge >= 0.3 is 6.09 Å². The van der Waals surface area contributed by atoms with E-state index < -0.39 is 11.7 Å². The van der Waals surface area contributed by atoms with Crippen LogP contribution >= 0.6 is 39.9 Å². The molecular weight excluding hydrogens is 539 g/mol. The number of hydrogen-bond donors (Lipinski definition) is 3. The average Bonchev–Trinajstić information content (AvgIpc) is 2.96. The molecule has 0 fully saturated rings. The van der Waals surface area contributed by atoms with E-state index in [0.29, 0.717) is 25.6 Å². The highest BCUT2D eigenvalue weighted by molar-refractivity contribution is 14.0. The van der Waals surface area contributed by atoms with Crippen LogP contribution in [-0.2, 0) is 11.3 Å². The lowest BCUT2D eigenvalue weighted by atomic mass is 10.2. The van der Waals surface area contributed by atoms with Gasteiger partial charge in [-0.15, -0.1) is 24.0 Å². The van der Waals surface area contributed by atoms with E-state index in [4.69, 9.17) is 4.74 Å². The van der Waals surface area contributed by atoms with Crippen molar-refractivity contribution in [1.82, 2.24) is 25.3 Å². The molecule has 0 aromatic carbocycles. The molecule has 0 atom stereocenters. The van der Waals surface area contributed by atoms with E-state index in [-0.39, 0.29) is 24.0 Å². The summed E-state index contributed by atoms with van der Waals surface area (Å²) in [4.78, 5) is 20.7. The molecule has 0 aliphatic rings. The first-order valence-electron chi connectivity index (χ1n) is 8.89. The molecular formula is C18H28BrIN6O2. The van der Waals surface area contributed by atoms with Gasteiger partial charge in [0.25, 0.3) is 0 Å². The zero-order valence-electron chi connectivity index (χ0n) is 16.6. The third-order valence-corrected chi connectivity index (χ3v) is 3.76. The molecule has 10 heteroatoms. The van der Waals surface area contributed by atoms with Gasteiger partial charge in [-0.3, -0.25) is 0 Å². The highest BCUT2D eigenvalue weighted by Crippen LogP contribution is 2.12. The number of amides is 1. The largest absolute Gasteiger partial charge is 0.444 e. The maximum atomic E-state index is 11.6. The smallest absolute Gasteiger partial charge is 0.407 e. The van der Waals surface area contributed by atoms with Crippen molar-refractivity contribution in [3.8, 4) is 0 Å². The fourth-order valence-electron chi connectivity index (χ4n) is 2.25. The molecule has 2 aromatic heterocycles. The fourth-order valence-corrected chi connectivity index (χ4v) is 2.61. The Labute approximate surface area is 191 Å². The number of nitrogens with zero attached hydrogens (tertiary/aromatic N) is 3. The Morgan fingerprint density at radius 3 is 2.61 bits per heavy atom. The number of guanidine groups is 1. The van der Waals surface area contributed by atoms with Crippen LogP contribution in [0.15, 0.2) is 34.0 Å². The van der Waals surface area contributed by atoms with E-state index >= 15 is 0 Å². The molecule has 28 heavy (non-hydrogen) atoms. The van der Waals surface area contributed by atoms with Crippen molar-refractivity contribution in [2.75, 3.05) is 19.6 Å². The number of alkyl carbamates (subject to hydrolysis) is 1. The van der Waals surface area contributed by atoms with Gasteiger partial charge in [0.15, 0.2) is 5.96 Å². The minimum absolute atomic E-state index is 0. The summed E-state index contributed by atoms with van der Waals surface area (Å²) in [6, 6.07) is 3.90. The van der Waals surface area contributed by atoms with Gasteiger partial charge in [-0.05, 0) is 55.8 Å². The summed E-state index contributed by atoms with van der Waals surface area (Å²) in [5.74, 6) is 0.668. The normalized spacial score (nSPS) is 11.7. The maximum Gasteiger partial charge on any atom is 0.407 e. The van der Waals surface area contributed by atoms with E-state index in [1.807, 2.05) is 56.6 Å². The van der Waals surface area contributed by atoms with Crippen molar-refractivity contribution in [2.24, 2.45) is 4.99 Å². The highest BCUT2D eigenvalue weighted by Gasteiger charge is 2.15. The number of pyridine rings is 1. The second-order valence-corrected chi connectivity index (χ2v) is 7.81. The monoisotopic (exact) mass is 566 g/mol. The molecule has 8 nitrogen and oxygen atoms in total. The van der Waals surface area contributed by atoms with Gasteiger partial charge < -0.3 is 25.1 Å². The Bertz CT molecular complexity index is 803. The molecule has 2 rings (SSSR count). The number of halogens is 2. The standard InChI is InChI=1S/C18H27BrN6O2.HI/c1-5-20-16(21-8-9-22-17(26)27-18(2,3)4)23-10-14-12-25-11-13(19)6-7-15(25)24-14;/h6-7,11-12H,5,8-10H2,1-4H3,(H,22,26)(H2,20,21,23);1H. The van der Waals surface area contributed by atoms with E-state index in [1.54, 1.807) is 0 Å². The summed E-state index contributed by atoms with van der Waals surface area (Å²) in [6.07, 6.45) is 3.49. The number of nitrogens with one attached hydrogen (secondary N) is 3. The number of fused-ring (bicyclic) bond motifs is 1. The Balaban J connectivity index is 0.00000392. The molecule has 2 heterocycles. The van der Waals surface area contributed by atoms with Crippen LogP contribution < -0.4 is 16.0 Å². The summed E-state index contributed by atoms with van der Waals surface area (Å²) in [5, 5.41) is 9.06. The van der Waals surface area contributed by atoms with Gasteiger partial charge in [0.1, 0.15) is 11.2 Å². The minimum atomic E-state index is -0.502. The number of ether oxygens (including phenoxy) is 1. The number of carbonyl (C=O) groups excluding carboxylic acids is 1. The van der Waals surface area contributed by atoms with Crippen LogP contribution in [0.25, 0.3) is 5.65 Å². The Morgan fingerprint density at radius 1 is 1.21 bits per heavy atom. The number of hydrogen-bond acceptors (Lipinski definition) is 4. The second-order valence-electron chi connectivity index (χ2n) is 6.90. The Morgan fingerprint density at radius 2 is 1.93 bits per heavy atom. The maximum absolute atomic E-state index is 11.6. The van der Waals surface area contributed by atoms with Gasteiger partial charge in [0.05, 0.1) is 12.2 Å². The molecule has 0 saturated carbocycles. The number of aromatic nitrogens is 2.